The molecule has 0 aromatic heterocycles. The molecule has 0 aliphatic carbocycles. The van der Waals surface area contributed by atoms with Gasteiger partial charge >= 0.3 is 0 Å². The molecule has 0 aliphatic rings. The number of hydrogen-bond donors (Lipinski definition) is 1. The normalized spacial score (nSPS) is 11.7. The van der Waals surface area contributed by atoms with Crippen molar-refractivity contribution >= 4 is 28.8 Å². The van der Waals surface area contributed by atoms with Crippen LogP contribution >= 0.6 is 0 Å². The lowest BCUT2D eigenvalue weighted by Crippen LogP contribution is -2.31. The van der Waals surface area contributed by atoms with Crippen molar-refractivity contribution < 1.29 is 24.0 Å². The maximum atomic E-state index is 12.5. The molecule has 0 radical (unpaired) electrons. The minimum absolute atomic E-state index is 0.109. The zero-order chi connectivity index (χ0) is 20.7. The molecule has 0 heterocycles. The average Bonchev–Trinajstić information content (AvgIpc) is 2.68. The van der Waals surface area contributed by atoms with E-state index in [1.165, 1.54) is 39.3 Å². The summed E-state index contributed by atoms with van der Waals surface area (Å²) in [5.74, 6) is -0.646. The van der Waals surface area contributed by atoms with Gasteiger partial charge in [-0.15, -0.1) is 5.11 Å². The Morgan fingerprint density at radius 2 is 1.86 bits per heavy atom. The van der Waals surface area contributed by atoms with Gasteiger partial charge in [0.1, 0.15) is 11.5 Å². The average molecular weight is 386 g/mol. The molecule has 2 aromatic rings. The summed E-state index contributed by atoms with van der Waals surface area (Å²) in [6, 6.07) is 9.11. The summed E-state index contributed by atoms with van der Waals surface area (Å²) in [5, 5.41) is 21.2. The van der Waals surface area contributed by atoms with Crippen molar-refractivity contribution in [3.05, 3.63) is 52.6 Å². The molecule has 0 spiro atoms. The Balaban J connectivity index is 2.29. The quantitative estimate of drug-likeness (QED) is 0.320. The molecule has 10 heteroatoms. The monoisotopic (exact) mass is 386 g/mol. The van der Waals surface area contributed by atoms with Crippen molar-refractivity contribution in [3.63, 3.8) is 0 Å². The second-order valence-electron chi connectivity index (χ2n) is 5.53. The van der Waals surface area contributed by atoms with E-state index in [4.69, 9.17) is 9.47 Å². The molecule has 28 heavy (non-hydrogen) atoms. The lowest BCUT2D eigenvalue weighted by Gasteiger charge is -2.12. The van der Waals surface area contributed by atoms with Crippen molar-refractivity contribution in [2.45, 2.75) is 13.0 Å². The third-order valence-electron chi connectivity index (χ3n) is 3.66. The molecule has 0 unspecified atom stereocenters. The third-order valence-corrected chi connectivity index (χ3v) is 3.66. The van der Waals surface area contributed by atoms with Crippen molar-refractivity contribution in [2.75, 3.05) is 19.5 Å². The Bertz CT molecular complexity index is 928. The molecule has 10 nitrogen and oxygen atoms in total. The van der Waals surface area contributed by atoms with E-state index in [-0.39, 0.29) is 17.1 Å². The lowest BCUT2D eigenvalue weighted by molar-refractivity contribution is -0.384. The number of anilines is 1. The van der Waals surface area contributed by atoms with Crippen LogP contribution in [0.3, 0.4) is 0 Å². The van der Waals surface area contributed by atoms with E-state index in [1.807, 2.05) is 0 Å². The van der Waals surface area contributed by atoms with Crippen LogP contribution < -0.4 is 14.8 Å². The summed E-state index contributed by atoms with van der Waals surface area (Å²) in [5.41, 5.74) is -0.121. The fraction of sp³-hybridized carbons (Fsp3) is 0.222. The molecule has 1 amide bonds. The van der Waals surface area contributed by atoms with Gasteiger partial charge in [0.25, 0.3) is 11.6 Å². The second kappa shape index (κ2) is 9.21. The highest BCUT2D eigenvalue weighted by atomic mass is 16.6. The van der Waals surface area contributed by atoms with Crippen LogP contribution in [0.15, 0.2) is 52.7 Å². The lowest BCUT2D eigenvalue weighted by atomic mass is 10.2. The van der Waals surface area contributed by atoms with Crippen molar-refractivity contribution in [3.8, 4) is 11.5 Å². The van der Waals surface area contributed by atoms with Gasteiger partial charge in [-0.3, -0.25) is 19.7 Å². The summed E-state index contributed by atoms with van der Waals surface area (Å²) in [6.45, 7) is 1.17. The van der Waals surface area contributed by atoms with Gasteiger partial charge < -0.3 is 14.8 Å². The van der Waals surface area contributed by atoms with Crippen molar-refractivity contribution in [1.29, 1.82) is 0 Å². The molecule has 2 rings (SSSR count). The zero-order valence-corrected chi connectivity index (χ0v) is 15.4. The second-order valence-corrected chi connectivity index (χ2v) is 5.53. The van der Waals surface area contributed by atoms with Gasteiger partial charge in [0, 0.05) is 0 Å². The van der Waals surface area contributed by atoms with Crippen LogP contribution in [0.1, 0.15) is 6.92 Å². The molecule has 0 fully saturated rings. The van der Waals surface area contributed by atoms with Gasteiger partial charge in [-0.2, -0.15) is 5.11 Å². The molecule has 2 aromatic carbocycles. The number of hydrogen-bond acceptors (Lipinski definition) is 8. The number of amides is 1. The van der Waals surface area contributed by atoms with E-state index in [9.17, 15) is 19.7 Å². The molecule has 0 saturated heterocycles. The Kier molecular flexibility index (Phi) is 6.74. The van der Waals surface area contributed by atoms with E-state index in [0.717, 1.165) is 0 Å². The van der Waals surface area contributed by atoms with Gasteiger partial charge in [-0.1, -0.05) is 12.1 Å². The summed E-state index contributed by atoms with van der Waals surface area (Å²) in [6.07, 6.45) is 0. The van der Waals surface area contributed by atoms with Crippen molar-refractivity contribution in [1.82, 2.24) is 0 Å². The minimum Gasteiger partial charge on any atom is -0.496 e. The minimum atomic E-state index is -1.48. The van der Waals surface area contributed by atoms with Gasteiger partial charge in [0.2, 0.25) is 6.04 Å². The molecule has 0 bridgehead atoms. The topological polar surface area (TPSA) is 132 Å². The highest BCUT2D eigenvalue weighted by Crippen LogP contribution is 2.32. The third kappa shape index (κ3) is 4.87. The van der Waals surface area contributed by atoms with Crippen LogP contribution in [0.4, 0.5) is 17.1 Å². The Morgan fingerprint density at radius 1 is 1.14 bits per heavy atom. The first-order valence-electron chi connectivity index (χ1n) is 8.05. The molecule has 146 valence electrons. The number of nitro groups is 1. The molecular weight excluding hydrogens is 368 g/mol. The number of Topliss-reactive ketones (excluding diaryl/α,β-unsaturated/α-hetero) is 1. The maximum absolute atomic E-state index is 12.5. The number of rotatable bonds is 8. The largest absolute Gasteiger partial charge is 0.496 e. The Labute approximate surface area is 160 Å². The fourth-order valence-corrected chi connectivity index (χ4v) is 2.25. The van der Waals surface area contributed by atoms with Crippen LogP contribution in [0.25, 0.3) is 0 Å². The van der Waals surface area contributed by atoms with Crippen molar-refractivity contribution in [2.24, 2.45) is 10.2 Å². The zero-order valence-electron chi connectivity index (χ0n) is 15.4. The summed E-state index contributed by atoms with van der Waals surface area (Å²) < 4.78 is 10.1. The number of ketones is 1. The fourth-order valence-electron chi connectivity index (χ4n) is 2.25. The highest BCUT2D eigenvalue weighted by Gasteiger charge is 2.25. The number of methoxy groups -OCH3 is 2. The van der Waals surface area contributed by atoms with Gasteiger partial charge in [0.05, 0.1) is 30.9 Å². The standard InChI is InChI=1S/C18H18N4O6/c1-11(23)17(18(24)19-14-6-4-5-7-16(14)28-3)21-20-13-9-8-12(27-2)10-15(13)22(25)26/h4-10,17H,1-3H3,(H,19,24)/t17-/m0/s1. The molecule has 1 atom stereocenters. The molecule has 0 saturated carbocycles. The number of nitrogens with one attached hydrogen (secondary N) is 1. The summed E-state index contributed by atoms with van der Waals surface area (Å²) >= 11 is 0. The maximum Gasteiger partial charge on any atom is 0.300 e. The number of carbonyl (C=O) groups excluding carboxylic acids is 2. The predicted molar refractivity (Wildman–Crippen MR) is 100 cm³/mol. The number of carbonyl (C=O) groups is 2. The predicted octanol–water partition coefficient (Wildman–Crippen LogP) is 3.29. The SMILES string of the molecule is COc1ccc(N=N[C@@H](C(C)=O)C(=O)Nc2ccccc2OC)c([N+](=O)[O-])c1. The summed E-state index contributed by atoms with van der Waals surface area (Å²) in [4.78, 5) is 34.9. The van der Waals surface area contributed by atoms with E-state index < -0.39 is 22.7 Å². The number of benzene rings is 2. The van der Waals surface area contributed by atoms with Gasteiger partial charge in [0.15, 0.2) is 11.5 Å². The molecule has 0 aliphatic heterocycles. The number of nitrogens with zero attached hydrogens (tertiary/aromatic N) is 3. The van der Waals surface area contributed by atoms with Crippen LogP contribution in [-0.4, -0.2) is 36.9 Å². The van der Waals surface area contributed by atoms with E-state index in [2.05, 4.69) is 15.5 Å². The first-order chi connectivity index (χ1) is 13.4. The van der Waals surface area contributed by atoms with E-state index in [0.29, 0.717) is 11.4 Å². The number of nitro benzene ring substituents is 1. The van der Waals surface area contributed by atoms with Crippen LogP contribution in [0.2, 0.25) is 0 Å². The van der Waals surface area contributed by atoms with Crippen LogP contribution in [-0.2, 0) is 9.59 Å². The van der Waals surface area contributed by atoms with E-state index in [1.54, 1.807) is 24.3 Å². The Morgan fingerprint density at radius 3 is 2.46 bits per heavy atom. The van der Waals surface area contributed by atoms with Gasteiger partial charge in [-0.05, 0) is 31.2 Å². The summed E-state index contributed by atoms with van der Waals surface area (Å²) in [7, 11) is 2.81. The highest BCUT2D eigenvalue weighted by molar-refractivity contribution is 6.10. The first-order valence-corrected chi connectivity index (χ1v) is 8.05. The Hall–Kier alpha value is -3.82. The number of ether oxygens (including phenoxy) is 2. The first kappa shape index (κ1) is 20.5. The van der Waals surface area contributed by atoms with Crippen LogP contribution in [0, 0.1) is 10.1 Å². The molecule has 1 N–H and O–H groups in total. The molecular formula is C18H18N4O6. The van der Waals surface area contributed by atoms with Gasteiger partial charge in [-0.25, -0.2) is 0 Å². The number of azo groups is 1. The van der Waals surface area contributed by atoms with Crippen LogP contribution in [0.5, 0.6) is 11.5 Å². The smallest absolute Gasteiger partial charge is 0.300 e. The van der Waals surface area contributed by atoms with E-state index >= 15 is 0 Å². The number of para-hydroxylation sites is 2.